The molecule has 2 rings (SSSR count). The van der Waals surface area contributed by atoms with E-state index in [-0.39, 0.29) is 12.0 Å². The van der Waals surface area contributed by atoms with Crippen LogP contribution in [0.15, 0.2) is 34.9 Å². The van der Waals surface area contributed by atoms with Gasteiger partial charge in [0.05, 0.1) is 13.2 Å². The molecule has 0 unspecified atom stereocenters. The molecular weight excluding hydrogens is 228 g/mol. The molecule has 0 aliphatic rings. The van der Waals surface area contributed by atoms with Gasteiger partial charge >= 0.3 is 0 Å². The van der Waals surface area contributed by atoms with Crippen LogP contribution >= 0.6 is 15.9 Å². The number of hydrogen-bond donors (Lipinski definition) is 1. The Morgan fingerprint density at radius 1 is 1.54 bits per heavy atom. The predicted molar refractivity (Wildman–Crippen MR) is 56.5 cm³/mol. The van der Waals surface area contributed by atoms with Crippen molar-refractivity contribution in [1.82, 2.24) is 9.97 Å². The van der Waals surface area contributed by atoms with Crippen molar-refractivity contribution < 1.29 is 5.48 Å². The fourth-order valence-corrected chi connectivity index (χ4v) is 1.56. The number of hydrogen-bond acceptors (Lipinski definition) is 1. The van der Waals surface area contributed by atoms with E-state index >= 15 is 0 Å². The van der Waals surface area contributed by atoms with Gasteiger partial charge in [-0.1, -0.05) is 34.1 Å². The summed E-state index contributed by atoms with van der Waals surface area (Å²) >= 11 is 3.36. The molecule has 0 aliphatic heterocycles. The number of aryl methyl sites for hydroxylation is 1. The first-order valence-corrected chi connectivity index (χ1v) is 4.51. The van der Waals surface area contributed by atoms with Crippen LogP contribution in [0.5, 0.6) is 0 Å². The van der Waals surface area contributed by atoms with Gasteiger partial charge in [0.25, 0.3) is 0 Å². The minimum Gasteiger partial charge on any atom is -0.342 e. The van der Waals surface area contributed by atoms with Gasteiger partial charge in [0.2, 0.25) is 0 Å². The van der Waals surface area contributed by atoms with Gasteiger partial charge < -0.3 is 4.98 Å². The van der Waals surface area contributed by atoms with E-state index in [2.05, 4.69) is 25.9 Å². The molecule has 0 fully saturated rings. The van der Waals surface area contributed by atoms with Crippen molar-refractivity contribution in [1.29, 1.82) is 0 Å². The van der Waals surface area contributed by atoms with Crippen molar-refractivity contribution >= 4 is 15.9 Å². The van der Waals surface area contributed by atoms with E-state index < -0.39 is 6.85 Å². The molecule has 0 radical (unpaired) electrons. The monoisotopic (exact) mass is 240 g/mol. The van der Waals surface area contributed by atoms with E-state index in [4.69, 9.17) is 5.48 Å². The molecule has 2 aromatic rings. The molecule has 0 spiro atoms. The molecule has 0 atom stereocenters. The summed E-state index contributed by atoms with van der Waals surface area (Å²) in [6, 6.07) is 7.27. The summed E-state index contributed by atoms with van der Waals surface area (Å²) in [5.41, 5.74) is 1.13. The number of nitrogens with zero attached hydrogens (tertiary/aromatic N) is 1. The minimum absolute atomic E-state index is 0.0666. The van der Waals surface area contributed by atoms with E-state index in [0.717, 1.165) is 10.0 Å². The maximum atomic E-state index is 7.69. The predicted octanol–water partition coefficient (Wildman–Crippen LogP) is 3.15. The second kappa shape index (κ2) is 3.34. The van der Waals surface area contributed by atoms with Crippen molar-refractivity contribution in [3.8, 4) is 11.3 Å². The number of nitrogens with one attached hydrogen (secondary N) is 1. The van der Waals surface area contributed by atoms with E-state index in [1.54, 1.807) is 6.07 Å². The Hall–Kier alpha value is -1.09. The first-order chi connectivity index (χ1) is 7.89. The SMILES string of the molecule is [2H]c1nc(C([2H])([2H])[2H])[nH]c1-c1ccccc1Br. The maximum absolute atomic E-state index is 7.69. The number of rotatable bonds is 1. The van der Waals surface area contributed by atoms with Crippen molar-refractivity contribution in [2.75, 3.05) is 0 Å². The third kappa shape index (κ3) is 1.65. The zero-order valence-corrected chi connectivity index (χ0v) is 8.22. The van der Waals surface area contributed by atoms with Gasteiger partial charge in [-0.05, 0) is 12.9 Å². The fraction of sp³-hybridized carbons (Fsp3) is 0.100. The first kappa shape index (κ1) is 4.96. The topological polar surface area (TPSA) is 28.7 Å². The lowest BCUT2D eigenvalue weighted by molar-refractivity contribution is 1.15. The average molecular weight is 241 g/mol. The van der Waals surface area contributed by atoms with Crippen molar-refractivity contribution in [2.45, 2.75) is 6.85 Å². The highest BCUT2D eigenvalue weighted by Crippen LogP contribution is 2.25. The lowest BCUT2D eigenvalue weighted by Gasteiger charge is -1.99. The number of halogens is 1. The molecular formula is C10H9BrN2. The summed E-state index contributed by atoms with van der Waals surface area (Å²) in [5.74, 6) is -0.159. The highest BCUT2D eigenvalue weighted by molar-refractivity contribution is 9.10. The van der Waals surface area contributed by atoms with E-state index in [0.29, 0.717) is 5.69 Å². The lowest BCUT2D eigenvalue weighted by atomic mass is 10.2. The Morgan fingerprint density at radius 2 is 2.38 bits per heavy atom. The summed E-state index contributed by atoms with van der Waals surface area (Å²) in [4.78, 5) is 6.41. The summed E-state index contributed by atoms with van der Waals surface area (Å²) < 4.78 is 30.2. The van der Waals surface area contributed by atoms with Crippen molar-refractivity contribution in [3.05, 3.63) is 40.7 Å². The van der Waals surface area contributed by atoms with Crippen LogP contribution < -0.4 is 0 Å². The van der Waals surface area contributed by atoms with Gasteiger partial charge in [-0.2, -0.15) is 0 Å². The second-order valence-corrected chi connectivity index (χ2v) is 3.41. The molecule has 0 saturated heterocycles. The minimum atomic E-state index is -2.32. The zero-order chi connectivity index (χ0) is 12.6. The molecule has 3 heteroatoms. The molecule has 0 bridgehead atoms. The van der Waals surface area contributed by atoms with Crippen LogP contribution in [0.25, 0.3) is 11.3 Å². The Labute approximate surface area is 90.8 Å². The highest BCUT2D eigenvalue weighted by Gasteiger charge is 2.03. The summed E-state index contributed by atoms with van der Waals surface area (Å²) in [5, 5.41) is 0. The maximum Gasteiger partial charge on any atom is 0.103 e. The van der Waals surface area contributed by atoms with Crippen LogP contribution in [0.3, 0.4) is 0 Å². The molecule has 0 amide bonds. The molecule has 2 nitrogen and oxygen atoms in total. The Kier molecular flexibility index (Phi) is 1.27. The van der Waals surface area contributed by atoms with Gasteiger partial charge in [-0.15, -0.1) is 0 Å². The molecule has 1 aromatic carbocycles. The summed E-state index contributed by atoms with van der Waals surface area (Å²) in [7, 11) is 0. The average Bonchev–Trinajstić information content (AvgIpc) is 2.61. The van der Waals surface area contributed by atoms with E-state index in [1.165, 1.54) is 0 Å². The molecule has 1 N–H and O–H groups in total. The first-order valence-electron chi connectivity index (χ1n) is 5.71. The molecule has 13 heavy (non-hydrogen) atoms. The zero-order valence-electron chi connectivity index (χ0n) is 10.6. The standard InChI is InChI=1S/C10H9BrN2/c1-7-12-6-10(13-7)8-4-2-3-5-9(8)11/h2-6H,1H3,(H,12,13)/i1D3,6D. The Bertz CT molecular complexity index is 547. The van der Waals surface area contributed by atoms with Crippen LogP contribution in [-0.2, 0) is 0 Å². The Morgan fingerprint density at radius 3 is 3.08 bits per heavy atom. The lowest BCUT2D eigenvalue weighted by Crippen LogP contribution is -1.79. The van der Waals surface area contributed by atoms with Gasteiger partial charge in [0.1, 0.15) is 5.82 Å². The molecule has 0 aliphatic carbocycles. The normalized spacial score (nSPS) is 15.8. The van der Waals surface area contributed by atoms with E-state index in [9.17, 15) is 0 Å². The van der Waals surface area contributed by atoms with Crippen molar-refractivity contribution in [3.63, 3.8) is 0 Å². The third-order valence-corrected chi connectivity index (χ3v) is 2.36. The second-order valence-electron chi connectivity index (χ2n) is 2.55. The summed E-state index contributed by atoms with van der Waals surface area (Å²) in [6.45, 7) is -2.32. The van der Waals surface area contributed by atoms with Gasteiger partial charge in [0.15, 0.2) is 0 Å². The molecule has 0 saturated carbocycles. The number of aromatic amines is 1. The number of imidazole rings is 1. The van der Waals surface area contributed by atoms with Crippen LogP contribution in [0.4, 0.5) is 0 Å². The number of benzene rings is 1. The number of H-pyrrole nitrogens is 1. The van der Waals surface area contributed by atoms with E-state index in [1.807, 2.05) is 18.2 Å². The third-order valence-electron chi connectivity index (χ3n) is 1.67. The van der Waals surface area contributed by atoms with Crippen LogP contribution in [0, 0.1) is 6.85 Å². The van der Waals surface area contributed by atoms with Crippen LogP contribution in [0.1, 0.15) is 11.3 Å². The summed E-state index contributed by atoms with van der Waals surface area (Å²) in [6.07, 6.45) is -0.0666. The molecule has 66 valence electrons. The van der Waals surface area contributed by atoms with Gasteiger partial charge in [-0.3, -0.25) is 0 Å². The van der Waals surface area contributed by atoms with Crippen LogP contribution in [0.2, 0.25) is 0 Å². The van der Waals surface area contributed by atoms with Gasteiger partial charge in [0, 0.05) is 14.1 Å². The molecule has 1 heterocycles. The Balaban J connectivity index is 2.55. The van der Waals surface area contributed by atoms with Crippen LogP contribution in [-0.4, -0.2) is 9.97 Å². The smallest absolute Gasteiger partial charge is 0.103 e. The largest absolute Gasteiger partial charge is 0.342 e. The van der Waals surface area contributed by atoms with Gasteiger partial charge in [-0.25, -0.2) is 4.98 Å². The fourth-order valence-electron chi connectivity index (χ4n) is 1.08. The van der Waals surface area contributed by atoms with Crippen molar-refractivity contribution in [2.24, 2.45) is 0 Å². The highest BCUT2D eigenvalue weighted by atomic mass is 79.9. The quantitative estimate of drug-likeness (QED) is 0.816. The number of aromatic nitrogens is 2. The molecule has 1 aromatic heterocycles.